The molecule has 0 saturated carbocycles. The van der Waals surface area contributed by atoms with E-state index in [2.05, 4.69) is 13.0 Å². The number of hydrogen-bond donors (Lipinski definition) is 1. The van der Waals surface area contributed by atoms with E-state index in [1.807, 2.05) is 25.1 Å². The second kappa shape index (κ2) is 14.1. The van der Waals surface area contributed by atoms with Gasteiger partial charge in [0.15, 0.2) is 11.5 Å². The summed E-state index contributed by atoms with van der Waals surface area (Å²) in [4.78, 5) is 12.9. The molecule has 41 heavy (non-hydrogen) atoms. The van der Waals surface area contributed by atoms with Crippen molar-refractivity contribution < 1.29 is 28.5 Å². The Labute approximate surface area is 241 Å². The zero-order valence-corrected chi connectivity index (χ0v) is 23.8. The molecule has 0 amide bonds. The van der Waals surface area contributed by atoms with Crippen LogP contribution in [0.2, 0.25) is 0 Å². The van der Waals surface area contributed by atoms with Gasteiger partial charge in [-0.2, -0.15) is 5.26 Å². The van der Waals surface area contributed by atoms with Crippen LogP contribution in [0.5, 0.6) is 28.7 Å². The quantitative estimate of drug-likeness (QED) is 0.138. The predicted octanol–water partition coefficient (Wildman–Crippen LogP) is 6.88. The fourth-order valence-electron chi connectivity index (χ4n) is 4.79. The first-order chi connectivity index (χ1) is 20.0. The largest absolute Gasteiger partial charge is 0.493 e. The molecular formula is C33H36N2O6. The van der Waals surface area contributed by atoms with E-state index in [-0.39, 0.29) is 17.2 Å². The maximum absolute atomic E-state index is 12.9. The number of carbonyl (C=O) groups excluding carboxylic acids is 1. The van der Waals surface area contributed by atoms with Gasteiger partial charge in [0.05, 0.1) is 26.2 Å². The van der Waals surface area contributed by atoms with Gasteiger partial charge in [-0.3, -0.25) is 0 Å². The van der Waals surface area contributed by atoms with E-state index in [9.17, 15) is 10.1 Å². The lowest BCUT2D eigenvalue weighted by Crippen LogP contribution is -2.21. The molecule has 3 aromatic rings. The van der Waals surface area contributed by atoms with E-state index in [1.54, 1.807) is 49.6 Å². The predicted molar refractivity (Wildman–Crippen MR) is 156 cm³/mol. The molecule has 0 fully saturated rings. The molecule has 0 saturated heterocycles. The van der Waals surface area contributed by atoms with Crippen LogP contribution in [-0.2, 0) is 0 Å². The summed E-state index contributed by atoms with van der Waals surface area (Å²) < 4.78 is 28.7. The monoisotopic (exact) mass is 556 g/mol. The van der Waals surface area contributed by atoms with E-state index in [1.165, 1.54) is 19.3 Å². The van der Waals surface area contributed by atoms with Crippen molar-refractivity contribution in [1.82, 2.24) is 0 Å². The smallest absolute Gasteiger partial charge is 0.347 e. The standard InChI is InChI=1S/C33H36N2O6/c1-4-6-7-8-11-18-39-28-17-14-22(19-30(28)37-3)31-24-16-15-23(20-29(24)41-32(35)26(31)21-34)40-33(36)25-12-9-10-13-27(25)38-5-2/h9-10,12-17,19-20,31H,4-8,11,18,35H2,1-3H3. The SMILES string of the molecule is CCCCCCCOc1ccc(C2C(C#N)=C(N)Oc3cc(OC(=O)c4ccccc4OCC)ccc32)cc1OC. The van der Waals surface area contributed by atoms with Crippen molar-refractivity contribution in [3.05, 3.63) is 88.8 Å². The fraction of sp³-hybridized carbons (Fsp3) is 0.333. The highest BCUT2D eigenvalue weighted by molar-refractivity contribution is 5.94. The number of nitriles is 1. The number of allylic oxidation sites excluding steroid dienone is 1. The number of carbonyl (C=O) groups is 1. The number of rotatable bonds is 13. The molecule has 1 heterocycles. The molecule has 214 valence electrons. The highest BCUT2D eigenvalue weighted by Crippen LogP contribution is 2.45. The van der Waals surface area contributed by atoms with Crippen LogP contribution in [0, 0.1) is 11.3 Å². The summed E-state index contributed by atoms with van der Waals surface area (Å²) in [6.07, 6.45) is 5.73. The Hall–Kier alpha value is -4.64. The van der Waals surface area contributed by atoms with Gasteiger partial charge in [0.1, 0.15) is 34.5 Å². The number of fused-ring (bicyclic) bond motifs is 1. The van der Waals surface area contributed by atoms with Crippen molar-refractivity contribution in [3.8, 4) is 34.8 Å². The second-order valence-corrected chi connectivity index (χ2v) is 9.62. The van der Waals surface area contributed by atoms with Crippen molar-refractivity contribution in [2.75, 3.05) is 20.3 Å². The van der Waals surface area contributed by atoms with Crippen molar-refractivity contribution in [2.24, 2.45) is 5.73 Å². The first kappa shape index (κ1) is 29.3. The minimum atomic E-state index is -0.562. The topological polar surface area (TPSA) is 113 Å². The lowest BCUT2D eigenvalue weighted by Gasteiger charge is -2.27. The van der Waals surface area contributed by atoms with Gasteiger partial charge in [-0.05, 0) is 49.2 Å². The van der Waals surface area contributed by atoms with Crippen molar-refractivity contribution in [1.29, 1.82) is 5.26 Å². The molecule has 2 N–H and O–H groups in total. The van der Waals surface area contributed by atoms with Crippen molar-refractivity contribution in [3.63, 3.8) is 0 Å². The Morgan fingerprint density at radius 2 is 1.76 bits per heavy atom. The number of nitrogens with zero attached hydrogens (tertiary/aromatic N) is 1. The molecule has 1 aliphatic heterocycles. The van der Waals surface area contributed by atoms with Gasteiger partial charge < -0.3 is 29.4 Å². The lowest BCUT2D eigenvalue weighted by molar-refractivity contribution is 0.0730. The molecule has 3 aromatic carbocycles. The van der Waals surface area contributed by atoms with E-state index in [0.717, 1.165) is 18.4 Å². The number of unbranched alkanes of at least 4 members (excludes halogenated alkanes) is 4. The Morgan fingerprint density at radius 3 is 2.51 bits per heavy atom. The molecule has 4 rings (SSSR count). The van der Waals surface area contributed by atoms with Crippen molar-refractivity contribution >= 4 is 5.97 Å². The zero-order valence-electron chi connectivity index (χ0n) is 23.8. The third-order valence-electron chi connectivity index (χ3n) is 6.83. The van der Waals surface area contributed by atoms with Crippen LogP contribution >= 0.6 is 0 Å². The summed E-state index contributed by atoms with van der Waals surface area (Å²) in [5.74, 6) is 1.23. The number of esters is 1. The Bertz CT molecular complexity index is 1440. The van der Waals surface area contributed by atoms with Crippen LogP contribution in [0.15, 0.2) is 72.1 Å². The maximum Gasteiger partial charge on any atom is 0.347 e. The molecule has 0 spiro atoms. The molecule has 0 aromatic heterocycles. The molecule has 0 aliphatic carbocycles. The Kier molecular flexibility index (Phi) is 10.1. The normalized spacial score (nSPS) is 14.0. The van der Waals surface area contributed by atoms with Crippen LogP contribution in [0.3, 0.4) is 0 Å². The van der Waals surface area contributed by atoms with Crippen LogP contribution < -0.4 is 29.4 Å². The van der Waals surface area contributed by atoms with Gasteiger partial charge in [0, 0.05) is 11.6 Å². The third kappa shape index (κ3) is 6.93. The van der Waals surface area contributed by atoms with E-state index < -0.39 is 11.9 Å². The van der Waals surface area contributed by atoms with Gasteiger partial charge >= 0.3 is 5.97 Å². The maximum atomic E-state index is 12.9. The highest BCUT2D eigenvalue weighted by atomic mass is 16.5. The molecule has 0 bridgehead atoms. The van der Waals surface area contributed by atoms with Gasteiger partial charge in [0.2, 0.25) is 5.88 Å². The minimum absolute atomic E-state index is 0.0125. The Balaban J connectivity index is 1.58. The molecule has 0 radical (unpaired) electrons. The second-order valence-electron chi connectivity index (χ2n) is 9.62. The lowest BCUT2D eigenvalue weighted by atomic mass is 9.83. The number of nitrogens with two attached hydrogens (primary N) is 1. The number of ether oxygens (including phenoxy) is 5. The fourth-order valence-corrected chi connectivity index (χ4v) is 4.79. The van der Waals surface area contributed by atoms with E-state index >= 15 is 0 Å². The highest BCUT2D eigenvalue weighted by Gasteiger charge is 2.32. The average molecular weight is 557 g/mol. The van der Waals surface area contributed by atoms with Gasteiger partial charge in [-0.15, -0.1) is 0 Å². The van der Waals surface area contributed by atoms with Gasteiger partial charge in [0.25, 0.3) is 0 Å². The third-order valence-corrected chi connectivity index (χ3v) is 6.83. The summed E-state index contributed by atoms with van der Waals surface area (Å²) in [6.45, 7) is 5.06. The average Bonchev–Trinajstić information content (AvgIpc) is 2.98. The Morgan fingerprint density at radius 1 is 0.951 bits per heavy atom. The number of benzene rings is 3. The molecule has 8 nitrogen and oxygen atoms in total. The van der Waals surface area contributed by atoms with Crippen LogP contribution in [0.25, 0.3) is 0 Å². The van der Waals surface area contributed by atoms with E-state index in [4.69, 9.17) is 29.4 Å². The molecule has 1 unspecified atom stereocenters. The molecule has 1 atom stereocenters. The molecule has 1 aliphatic rings. The van der Waals surface area contributed by atoms with Gasteiger partial charge in [-0.25, -0.2) is 4.79 Å². The minimum Gasteiger partial charge on any atom is -0.493 e. The zero-order chi connectivity index (χ0) is 29.2. The summed E-state index contributed by atoms with van der Waals surface area (Å²) >= 11 is 0. The molecular weight excluding hydrogens is 520 g/mol. The number of hydrogen-bond acceptors (Lipinski definition) is 8. The molecule has 8 heteroatoms. The number of para-hydroxylation sites is 1. The summed E-state index contributed by atoms with van der Waals surface area (Å²) in [7, 11) is 1.59. The van der Waals surface area contributed by atoms with Crippen LogP contribution in [-0.4, -0.2) is 26.3 Å². The first-order valence-electron chi connectivity index (χ1n) is 14.0. The van der Waals surface area contributed by atoms with Crippen LogP contribution in [0.4, 0.5) is 0 Å². The summed E-state index contributed by atoms with van der Waals surface area (Å²) in [5, 5.41) is 9.97. The van der Waals surface area contributed by atoms with E-state index in [0.29, 0.717) is 47.3 Å². The first-order valence-corrected chi connectivity index (χ1v) is 14.0. The van der Waals surface area contributed by atoms with Crippen LogP contribution in [0.1, 0.15) is 73.4 Å². The summed E-state index contributed by atoms with van der Waals surface area (Å²) in [5.41, 5.74) is 8.28. The summed E-state index contributed by atoms with van der Waals surface area (Å²) in [6, 6.07) is 19.7. The number of methoxy groups -OCH3 is 1. The van der Waals surface area contributed by atoms with Crippen molar-refractivity contribution in [2.45, 2.75) is 51.9 Å². The van der Waals surface area contributed by atoms with Gasteiger partial charge in [-0.1, -0.05) is 56.9 Å².